The zero-order valence-electron chi connectivity index (χ0n) is 21.8. The summed E-state index contributed by atoms with van der Waals surface area (Å²) in [7, 11) is 0. The zero-order chi connectivity index (χ0) is 25.6. The lowest BCUT2D eigenvalue weighted by Crippen LogP contribution is -2.40. The van der Waals surface area contributed by atoms with Crippen LogP contribution in [0.5, 0.6) is 5.88 Å². The predicted molar refractivity (Wildman–Crippen MR) is 137 cm³/mol. The fourth-order valence-electron chi connectivity index (χ4n) is 6.78. The van der Waals surface area contributed by atoms with Crippen LogP contribution in [0.1, 0.15) is 65.3 Å². The van der Waals surface area contributed by atoms with E-state index >= 15 is 0 Å². The molecule has 202 valence electrons. The van der Waals surface area contributed by atoms with Crippen molar-refractivity contribution in [3.8, 4) is 5.88 Å². The van der Waals surface area contributed by atoms with E-state index in [9.17, 15) is 9.59 Å². The van der Waals surface area contributed by atoms with E-state index in [2.05, 4.69) is 20.4 Å². The molecule has 3 saturated heterocycles. The normalized spacial score (nSPS) is 27.3. The van der Waals surface area contributed by atoms with Crippen molar-refractivity contribution < 1.29 is 19.1 Å². The number of fused-ring (bicyclic) bond motifs is 2. The zero-order valence-corrected chi connectivity index (χ0v) is 21.8. The first-order valence-corrected chi connectivity index (χ1v) is 14.3. The number of rotatable bonds is 6. The van der Waals surface area contributed by atoms with Gasteiger partial charge in [0.2, 0.25) is 11.8 Å². The molecule has 38 heavy (non-hydrogen) atoms. The van der Waals surface area contributed by atoms with Crippen molar-refractivity contribution in [1.82, 2.24) is 30.2 Å². The summed E-state index contributed by atoms with van der Waals surface area (Å²) in [5, 5.41) is 11.1. The average Bonchev–Trinajstić information content (AvgIpc) is 3.36. The molecule has 10 heteroatoms. The molecule has 10 nitrogen and oxygen atoms in total. The van der Waals surface area contributed by atoms with Crippen LogP contribution in [0.2, 0.25) is 0 Å². The second kappa shape index (κ2) is 9.94. The van der Waals surface area contributed by atoms with E-state index in [0.29, 0.717) is 61.2 Å². The van der Waals surface area contributed by atoms with E-state index in [1.807, 2.05) is 15.9 Å². The number of hydrogen-bond donors (Lipinski definition) is 1. The van der Waals surface area contributed by atoms with E-state index < -0.39 is 0 Å². The van der Waals surface area contributed by atoms with Crippen molar-refractivity contribution in [3.05, 3.63) is 34.8 Å². The van der Waals surface area contributed by atoms with Crippen molar-refractivity contribution in [3.63, 3.8) is 0 Å². The standard InChI is InChI=1S/C28H36N6O4/c35-27(19-3-4-24-25(10-19)31-32-30-24)33-12-21-14-34(15-22(21)13-33)28(36)20-9-23(18-1-2-18)26(29-11-20)38-16-17-5-7-37-8-6-17/h9,11,17-19,21-22H,1-8,10,12-16H2,(H,30,31,32)/t19-,21+,22?/m1/s1. The molecular formula is C28H36N6O4. The molecule has 7 rings (SSSR count). The molecule has 0 radical (unpaired) electrons. The number of aromatic amines is 1. The molecule has 2 aromatic rings. The summed E-state index contributed by atoms with van der Waals surface area (Å²) < 4.78 is 11.6. The monoisotopic (exact) mass is 520 g/mol. The Morgan fingerprint density at radius 3 is 2.47 bits per heavy atom. The van der Waals surface area contributed by atoms with Crippen LogP contribution in [0, 0.1) is 23.7 Å². The Hall–Kier alpha value is -3.01. The van der Waals surface area contributed by atoms with Gasteiger partial charge in [-0.1, -0.05) is 0 Å². The minimum atomic E-state index is -0.0109. The fraction of sp³-hybridized carbons (Fsp3) is 0.679. The van der Waals surface area contributed by atoms with Gasteiger partial charge in [-0.2, -0.15) is 15.4 Å². The number of nitrogens with one attached hydrogen (secondary N) is 1. The number of carbonyl (C=O) groups excluding carboxylic acids is 2. The van der Waals surface area contributed by atoms with Crippen LogP contribution in [-0.4, -0.2) is 88.0 Å². The Labute approximate surface area is 222 Å². The van der Waals surface area contributed by atoms with Crippen LogP contribution in [0.4, 0.5) is 0 Å². The van der Waals surface area contributed by atoms with Crippen LogP contribution in [0.15, 0.2) is 12.3 Å². The number of carbonyl (C=O) groups is 2. The molecule has 1 saturated carbocycles. The van der Waals surface area contributed by atoms with Gasteiger partial charge < -0.3 is 19.3 Å². The van der Waals surface area contributed by atoms with Gasteiger partial charge in [0.05, 0.1) is 23.6 Å². The van der Waals surface area contributed by atoms with Gasteiger partial charge in [0.15, 0.2) is 0 Å². The van der Waals surface area contributed by atoms with Crippen molar-refractivity contribution in [1.29, 1.82) is 0 Å². The molecule has 0 spiro atoms. The molecule has 5 aliphatic rings. The Balaban J connectivity index is 0.962. The summed E-state index contributed by atoms with van der Waals surface area (Å²) in [5.74, 6) is 2.61. The predicted octanol–water partition coefficient (Wildman–Crippen LogP) is 2.22. The van der Waals surface area contributed by atoms with Gasteiger partial charge in [0.1, 0.15) is 0 Å². The molecule has 0 bridgehead atoms. The van der Waals surface area contributed by atoms with Gasteiger partial charge in [-0.25, -0.2) is 4.98 Å². The Morgan fingerprint density at radius 1 is 0.974 bits per heavy atom. The lowest BCUT2D eigenvalue weighted by molar-refractivity contribution is -0.135. The lowest BCUT2D eigenvalue weighted by atomic mass is 9.89. The van der Waals surface area contributed by atoms with Gasteiger partial charge >= 0.3 is 0 Å². The topological polar surface area (TPSA) is 114 Å². The molecule has 4 fully saturated rings. The fourth-order valence-corrected chi connectivity index (χ4v) is 6.78. The third-order valence-corrected chi connectivity index (χ3v) is 9.25. The number of pyridine rings is 1. The van der Waals surface area contributed by atoms with Crippen molar-refractivity contribution in [2.24, 2.45) is 23.7 Å². The number of likely N-dealkylation sites (tertiary alicyclic amines) is 2. The summed E-state index contributed by atoms with van der Waals surface area (Å²) in [6.07, 6.45) is 8.32. The molecular weight excluding hydrogens is 484 g/mol. The van der Waals surface area contributed by atoms with Gasteiger partial charge in [-0.05, 0) is 56.4 Å². The van der Waals surface area contributed by atoms with Crippen molar-refractivity contribution in [2.75, 3.05) is 46.0 Å². The first-order chi connectivity index (χ1) is 18.6. The highest BCUT2D eigenvalue weighted by molar-refractivity contribution is 5.94. The number of hydrogen-bond acceptors (Lipinski definition) is 7. The van der Waals surface area contributed by atoms with E-state index in [-0.39, 0.29) is 17.7 Å². The first-order valence-electron chi connectivity index (χ1n) is 14.3. The second-order valence-corrected chi connectivity index (χ2v) is 11.9. The Morgan fingerprint density at radius 2 is 1.71 bits per heavy atom. The van der Waals surface area contributed by atoms with Crippen LogP contribution in [0.25, 0.3) is 0 Å². The van der Waals surface area contributed by atoms with Crippen LogP contribution in [0.3, 0.4) is 0 Å². The number of aromatic nitrogens is 4. The number of nitrogens with zero attached hydrogens (tertiary/aromatic N) is 5. The van der Waals surface area contributed by atoms with Gasteiger partial charge in [-0.15, -0.1) is 0 Å². The first kappa shape index (κ1) is 24.1. The van der Waals surface area contributed by atoms with Crippen LogP contribution in [-0.2, 0) is 22.4 Å². The highest BCUT2D eigenvalue weighted by Gasteiger charge is 2.45. The number of aryl methyl sites for hydroxylation is 1. The van der Waals surface area contributed by atoms with Gasteiger partial charge in [-0.3, -0.25) is 9.59 Å². The minimum absolute atomic E-state index is 0.0109. The maximum Gasteiger partial charge on any atom is 0.255 e. The number of ether oxygens (including phenoxy) is 2. The van der Waals surface area contributed by atoms with Crippen LogP contribution >= 0.6 is 0 Å². The van der Waals surface area contributed by atoms with Crippen LogP contribution < -0.4 is 4.74 Å². The van der Waals surface area contributed by atoms with Crippen molar-refractivity contribution in [2.45, 2.75) is 50.9 Å². The second-order valence-electron chi connectivity index (χ2n) is 11.9. The summed E-state index contributed by atoms with van der Waals surface area (Å²) >= 11 is 0. The highest BCUT2D eigenvalue weighted by atomic mass is 16.5. The molecule has 3 atom stereocenters. The van der Waals surface area contributed by atoms with E-state index in [1.165, 1.54) is 0 Å². The highest BCUT2D eigenvalue weighted by Crippen LogP contribution is 2.44. The largest absolute Gasteiger partial charge is 0.477 e. The van der Waals surface area contributed by atoms with Gasteiger partial charge in [0.25, 0.3) is 5.91 Å². The molecule has 1 N–H and O–H groups in total. The molecule has 2 aromatic heterocycles. The van der Waals surface area contributed by atoms with Crippen molar-refractivity contribution >= 4 is 11.8 Å². The number of amides is 2. The smallest absolute Gasteiger partial charge is 0.255 e. The number of H-pyrrole nitrogens is 1. The molecule has 0 aromatic carbocycles. The molecule has 3 aliphatic heterocycles. The summed E-state index contributed by atoms with van der Waals surface area (Å²) in [6, 6.07) is 2.03. The van der Waals surface area contributed by atoms with E-state index in [1.54, 1.807) is 6.20 Å². The SMILES string of the molecule is O=C(c1cnc(OCC2CCOCC2)c(C2CC2)c1)N1CC2CN(C(=O)[C@@H]3CCc4n[nH]nc4C3)C[C@H]2C1. The molecule has 1 unspecified atom stereocenters. The lowest BCUT2D eigenvalue weighted by Gasteiger charge is -2.27. The van der Waals surface area contributed by atoms with Gasteiger partial charge in [0, 0.05) is 75.3 Å². The maximum atomic E-state index is 13.5. The average molecular weight is 521 g/mol. The Bertz CT molecular complexity index is 1190. The third kappa shape index (κ3) is 4.67. The van der Waals surface area contributed by atoms with E-state index in [0.717, 1.165) is 81.8 Å². The maximum absolute atomic E-state index is 13.5. The summed E-state index contributed by atoms with van der Waals surface area (Å²) in [5.41, 5.74) is 3.68. The summed E-state index contributed by atoms with van der Waals surface area (Å²) in [6.45, 7) is 5.14. The minimum Gasteiger partial charge on any atom is -0.477 e. The van der Waals surface area contributed by atoms with E-state index in [4.69, 9.17) is 9.47 Å². The Kier molecular flexibility index (Phi) is 6.30. The third-order valence-electron chi connectivity index (χ3n) is 9.25. The summed E-state index contributed by atoms with van der Waals surface area (Å²) in [4.78, 5) is 35.4. The molecule has 2 aliphatic carbocycles. The molecule has 2 amide bonds. The quantitative estimate of drug-likeness (QED) is 0.621. The molecule has 5 heterocycles.